The first kappa shape index (κ1) is 14.1. The zero-order chi connectivity index (χ0) is 14.5. The predicted octanol–water partition coefficient (Wildman–Crippen LogP) is 2.89. The average molecular weight is 291 g/mol. The maximum atomic E-state index is 10.8. The number of hydrogen-bond acceptors (Lipinski definition) is 7. The molecule has 0 bridgehead atoms. The second-order valence-corrected chi connectivity index (χ2v) is 4.67. The van der Waals surface area contributed by atoms with Crippen LogP contribution in [0.5, 0.6) is 0 Å². The van der Waals surface area contributed by atoms with Crippen molar-refractivity contribution >= 4 is 34.9 Å². The van der Waals surface area contributed by atoms with Gasteiger partial charge in [0.2, 0.25) is 11.8 Å². The van der Waals surface area contributed by atoms with Gasteiger partial charge in [-0.05, 0) is 30.5 Å². The van der Waals surface area contributed by atoms with Crippen LogP contribution in [0.1, 0.15) is 0 Å². The number of thioether (sulfide) groups is 1. The number of nitrogens with zero attached hydrogens (tertiary/aromatic N) is 3. The monoisotopic (exact) mass is 291 g/mol. The molecule has 0 fully saturated rings. The summed E-state index contributed by atoms with van der Waals surface area (Å²) in [6, 6.07) is 7.74. The molecule has 0 unspecified atom stereocenters. The molecule has 0 amide bonds. The van der Waals surface area contributed by atoms with Gasteiger partial charge in [0.1, 0.15) is 6.20 Å². The van der Waals surface area contributed by atoms with Crippen LogP contribution in [-0.4, -0.2) is 28.2 Å². The van der Waals surface area contributed by atoms with E-state index in [1.807, 2.05) is 30.5 Å². The van der Waals surface area contributed by atoms with Crippen molar-refractivity contribution in [2.45, 2.75) is 4.90 Å². The summed E-state index contributed by atoms with van der Waals surface area (Å²) in [5.41, 5.74) is 0.662. The van der Waals surface area contributed by atoms with Crippen LogP contribution < -0.4 is 10.6 Å². The molecule has 2 N–H and O–H groups in total. The zero-order valence-corrected chi connectivity index (χ0v) is 11.8. The molecule has 2 aromatic rings. The summed E-state index contributed by atoms with van der Waals surface area (Å²) in [5, 5.41) is 16.5. The van der Waals surface area contributed by atoms with Gasteiger partial charge in [-0.15, -0.1) is 11.8 Å². The van der Waals surface area contributed by atoms with Crippen molar-refractivity contribution in [2.24, 2.45) is 0 Å². The lowest BCUT2D eigenvalue weighted by atomic mass is 10.3. The van der Waals surface area contributed by atoms with Gasteiger partial charge in [0.05, 0.1) is 4.92 Å². The molecule has 0 aliphatic rings. The van der Waals surface area contributed by atoms with E-state index in [4.69, 9.17) is 0 Å². The largest absolute Gasteiger partial charge is 0.367 e. The molecule has 7 nitrogen and oxygen atoms in total. The Kier molecular flexibility index (Phi) is 4.36. The third-order valence-corrected chi connectivity index (χ3v) is 3.29. The third-order valence-electron chi connectivity index (χ3n) is 2.55. The molecule has 8 heteroatoms. The first-order valence-corrected chi connectivity index (χ1v) is 6.96. The summed E-state index contributed by atoms with van der Waals surface area (Å²) in [6.07, 6.45) is 3.18. The normalized spacial score (nSPS) is 10.1. The van der Waals surface area contributed by atoms with E-state index in [0.717, 1.165) is 10.6 Å². The number of aromatic nitrogens is 2. The Morgan fingerprint density at radius 1 is 1.30 bits per heavy atom. The minimum absolute atomic E-state index is 0.157. The fourth-order valence-electron chi connectivity index (χ4n) is 1.56. The molecule has 0 aliphatic heterocycles. The van der Waals surface area contributed by atoms with Gasteiger partial charge in [0.25, 0.3) is 0 Å². The topological polar surface area (TPSA) is 93.0 Å². The molecule has 2 rings (SSSR count). The molecule has 0 radical (unpaired) electrons. The molecule has 1 aromatic heterocycles. The smallest absolute Gasteiger partial charge is 0.329 e. The van der Waals surface area contributed by atoms with E-state index in [1.54, 1.807) is 18.8 Å². The molecular formula is C12H13N5O2S. The van der Waals surface area contributed by atoms with Crippen molar-refractivity contribution in [1.29, 1.82) is 0 Å². The van der Waals surface area contributed by atoms with Gasteiger partial charge in [0, 0.05) is 17.6 Å². The molecular weight excluding hydrogens is 278 g/mol. The highest BCUT2D eigenvalue weighted by atomic mass is 32.2. The first-order chi connectivity index (χ1) is 9.63. The lowest BCUT2D eigenvalue weighted by molar-refractivity contribution is -0.384. The van der Waals surface area contributed by atoms with Gasteiger partial charge in [-0.3, -0.25) is 10.1 Å². The van der Waals surface area contributed by atoms with E-state index in [0.29, 0.717) is 5.95 Å². The number of benzene rings is 1. The maximum Gasteiger partial charge on any atom is 0.329 e. The van der Waals surface area contributed by atoms with Gasteiger partial charge in [-0.1, -0.05) is 0 Å². The standard InChI is InChI=1S/C12H13N5O2S/c1-13-11-10(17(18)19)7-14-12(16-11)15-8-3-5-9(20-2)6-4-8/h3-7H,1-2H3,(H2,13,14,15,16). The Bertz CT molecular complexity index is 618. The molecule has 104 valence electrons. The Balaban J connectivity index is 2.22. The molecule has 1 aromatic carbocycles. The Morgan fingerprint density at radius 2 is 2.00 bits per heavy atom. The van der Waals surface area contributed by atoms with Gasteiger partial charge in [0.15, 0.2) is 0 Å². The van der Waals surface area contributed by atoms with Crippen LogP contribution in [0, 0.1) is 10.1 Å². The van der Waals surface area contributed by atoms with Gasteiger partial charge >= 0.3 is 5.69 Å². The van der Waals surface area contributed by atoms with E-state index < -0.39 is 4.92 Å². The summed E-state index contributed by atoms with van der Waals surface area (Å²) in [5.74, 6) is 0.477. The summed E-state index contributed by atoms with van der Waals surface area (Å²) in [6.45, 7) is 0. The molecule has 1 heterocycles. The van der Waals surface area contributed by atoms with E-state index >= 15 is 0 Å². The van der Waals surface area contributed by atoms with Crippen molar-refractivity contribution in [1.82, 2.24) is 9.97 Å². The van der Waals surface area contributed by atoms with Gasteiger partial charge < -0.3 is 10.6 Å². The van der Waals surface area contributed by atoms with Crippen LogP contribution in [0.2, 0.25) is 0 Å². The van der Waals surface area contributed by atoms with Crippen LogP contribution in [0.4, 0.5) is 23.1 Å². The van der Waals surface area contributed by atoms with Gasteiger partial charge in [-0.25, -0.2) is 4.98 Å². The number of rotatable bonds is 5. The molecule has 20 heavy (non-hydrogen) atoms. The molecule has 0 saturated heterocycles. The van der Waals surface area contributed by atoms with Crippen molar-refractivity contribution in [2.75, 3.05) is 23.9 Å². The Hall–Kier alpha value is -2.35. The minimum atomic E-state index is -0.525. The highest BCUT2D eigenvalue weighted by Gasteiger charge is 2.15. The van der Waals surface area contributed by atoms with E-state index in [1.165, 1.54) is 6.20 Å². The summed E-state index contributed by atoms with van der Waals surface area (Å²) >= 11 is 1.65. The fraction of sp³-hybridized carbons (Fsp3) is 0.167. The first-order valence-electron chi connectivity index (χ1n) is 5.74. The van der Waals surface area contributed by atoms with Crippen LogP contribution in [0.15, 0.2) is 35.4 Å². The van der Waals surface area contributed by atoms with E-state index in [9.17, 15) is 10.1 Å². The van der Waals surface area contributed by atoms with E-state index in [-0.39, 0.29) is 11.5 Å². The van der Waals surface area contributed by atoms with Crippen LogP contribution in [-0.2, 0) is 0 Å². The van der Waals surface area contributed by atoms with Crippen LogP contribution in [0.25, 0.3) is 0 Å². The highest BCUT2D eigenvalue weighted by Crippen LogP contribution is 2.23. The number of hydrogen-bond donors (Lipinski definition) is 2. The van der Waals surface area contributed by atoms with Crippen molar-refractivity contribution in [3.8, 4) is 0 Å². The molecule has 0 saturated carbocycles. The molecule has 0 atom stereocenters. The van der Waals surface area contributed by atoms with Gasteiger partial charge in [-0.2, -0.15) is 4.98 Å². The summed E-state index contributed by atoms with van der Waals surface area (Å²) < 4.78 is 0. The number of anilines is 3. The zero-order valence-electron chi connectivity index (χ0n) is 11.0. The number of nitrogens with one attached hydrogen (secondary N) is 2. The van der Waals surface area contributed by atoms with Crippen LogP contribution in [0.3, 0.4) is 0 Å². The van der Waals surface area contributed by atoms with E-state index in [2.05, 4.69) is 20.6 Å². The third kappa shape index (κ3) is 3.15. The fourth-order valence-corrected chi connectivity index (χ4v) is 1.96. The SMILES string of the molecule is CNc1nc(Nc2ccc(SC)cc2)ncc1[N+](=O)[O-]. The van der Waals surface area contributed by atoms with Crippen molar-refractivity contribution in [3.63, 3.8) is 0 Å². The predicted molar refractivity (Wildman–Crippen MR) is 79.7 cm³/mol. The van der Waals surface area contributed by atoms with Crippen molar-refractivity contribution < 1.29 is 4.92 Å². The average Bonchev–Trinajstić information content (AvgIpc) is 2.47. The molecule has 0 spiro atoms. The number of nitro groups is 1. The molecule has 0 aliphatic carbocycles. The lowest BCUT2D eigenvalue weighted by Crippen LogP contribution is -2.04. The van der Waals surface area contributed by atoms with Crippen molar-refractivity contribution in [3.05, 3.63) is 40.6 Å². The highest BCUT2D eigenvalue weighted by molar-refractivity contribution is 7.98. The summed E-state index contributed by atoms with van der Waals surface area (Å²) in [7, 11) is 1.58. The second-order valence-electron chi connectivity index (χ2n) is 3.79. The lowest BCUT2D eigenvalue weighted by Gasteiger charge is -2.07. The Labute approximate surface area is 120 Å². The van der Waals surface area contributed by atoms with Crippen LogP contribution >= 0.6 is 11.8 Å². The maximum absolute atomic E-state index is 10.8. The summed E-state index contributed by atoms with van der Waals surface area (Å²) in [4.78, 5) is 19.4. The quantitative estimate of drug-likeness (QED) is 0.497. The minimum Gasteiger partial charge on any atom is -0.367 e. The Morgan fingerprint density at radius 3 is 2.55 bits per heavy atom. The second kappa shape index (κ2) is 6.20.